The molecule has 0 aromatic carbocycles. The Labute approximate surface area is 123 Å². The van der Waals surface area contributed by atoms with Crippen molar-refractivity contribution >= 4 is 27.9 Å². The molecule has 0 spiro atoms. The van der Waals surface area contributed by atoms with Crippen molar-refractivity contribution in [2.24, 2.45) is 0 Å². The molecule has 0 fully saturated rings. The minimum Gasteiger partial charge on any atom is -0.360 e. The van der Waals surface area contributed by atoms with E-state index < -0.39 is 0 Å². The van der Waals surface area contributed by atoms with Gasteiger partial charge in [0, 0.05) is 17.1 Å². The van der Waals surface area contributed by atoms with E-state index in [1.165, 1.54) is 21.3 Å². The Balaban J connectivity index is 1.64. The number of H-pyrrole nitrogens is 1. The van der Waals surface area contributed by atoms with E-state index in [-0.39, 0.29) is 16.8 Å². The molecule has 4 rings (SSSR count). The van der Waals surface area contributed by atoms with Gasteiger partial charge in [-0.3, -0.25) is 5.10 Å². The zero-order chi connectivity index (χ0) is 14.4. The number of hydrogen-bond donors (Lipinski definition) is 2. The number of imidazole rings is 1. The van der Waals surface area contributed by atoms with Gasteiger partial charge in [-0.25, -0.2) is 0 Å². The second-order valence-electron chi connectivity index (χ2n) is 5.05. The molecule has 9 heteroatoms. The van der Waals surface area contributed by atoms with Gasteiger partial charge in [0.05, 0.1) is 6.20 Å². The number of aromatic amines is 1. The number of nitrogens with zero attached hydrogens (tertiary/aromatic N) is 4. The Hall–Kier alpha value is -2.42. The number of fused-ring (bicyclic) bond motifs is 2. The Bertz CT molecular complexity index is 819. The molecule has 1 aliphatic carbocycles. The average Bonchev–Trinajstić information content (AvgIpc) is 3.11. The highest BCUT2D eigenvalue weighted by atomic mass is 32.1. The first-order valence-corrected chi connectivity index (χ1v) is 7.48. The number of aryl methyl sites for hydroxylation is 1. The molecule has 1 atom stereocenters. The zero-order valence-corrected chi connectivity index (χ0v) is 11.8. The van der Waals surface area contributed by atoms with E-state index in [1.54, 1.807) is 11.6 Å². The number of anilines is 1. The molecule has 0 bridgehead atoms. The van der Waals surface area contributed by atoms with Gasteiger partial charge < -0.3 is 15.4 Å². The monoisotopic (exact) mass is 304 g/mol. The second-order valence-corrected chi connectivity index (χ2v) is 5.93. The molecule has 8 nitrogen and oxygen atoms in total. The van der Waals surface area contributed by atoms with Crippen molar-refractivity contribution in [3.63, 3.8) is 0 Å². The van der Waals surface area contributed by atoms with Crippen molar-refractivity contribution in [2.45, 2.75) is 25.3 Å². The van der Waals surface area contributed by atoms with Gasteiger partial charge in [0.2, 0.25) is 5.82 Å². The van der Waals surface area contributed by atoms with E-state index >= 15 is 0 Å². The first-order valence-electron chi connectivity index (χ1n) is 6.60. The summed E-state index contributed by atoms with van der Waals surface area (Å²) in [5, 5.41) is 23.3. The fourth-order valence-corrected chi connectivity index (χ4v) is 3.49. The van der Waals surface area contributed by atoms with Crippen molar-refractivity contribution < 1.29 is 4.92 Å². The van der Waals surface area contributed by atoms with Crippen LogP contribution < -0.4 is 5.32 Å². The van der Waals surface area contributed by atoms with Gasteiger partial charge in [-0.05, 0) is 29.7 Å². The van der Waals surface area contributed by atoms with E-state index in [2.05, 4.69) is 20.5 Å². The second kappa shape index (κ2) is 4.55. The molecule has 0 amide bonds. The van der Waals surface area contributed by atoms with E-state index in [9.17, 15) is 10.1 Å². The quantitative estimate of drug-likeness (QED) is 0.569. The molecule has 108 valence electrons. The lowest BCUT2D eigenvalue weighted by atomic mass is 9.94. The summed E-state index contributed by atoms with van der Waals surface area (Å²) in [6.45, 7) is 0. The molecule has 1 aliphatic rings. The summed E-state index contributed by atoms with van der Waals surface area (Å²) in [6, 6.07) is 0.137. The number of thiazole rings is 1. The van der Waals surface area contributed by atoms with Crippen LogP contribution in [0, 0.1) is 10.1 Å². The van der Waals surface area contributed by atoms with Crippen molar-refractivity contribution in [1.82, 2.24) is 19.6 Å². The maximum atomic E-state index is 11.3. The minimum atomic E-state index is -0.388. The molecule has 1 unspecified atom stereocenters. The van der Waals surface area contributed by atoms with Crippen LogP contribution in [0.25, 0.3) is 4.96 Å². The highest BCUT2D eigenvalue weighted by Crippen LogP contribution is 2.30. The normalized spacial score (nSPS) is 17.8. The maximum absolute atomic E-state index is 11.3. The topological polar surface area (TPSA) is 101 Å². The lowest BCUT2D eigenvalue weighted by molar-refractivity contribution is -0.389. The molecule has 2 N–H and O–H groups in total. The molecule has 0 saturated carbocycles. The molecule has 0 aliphatic heterocycles. The summed E-state index contributed by atoms with van der Waals surface area (Å²) in [5.74, 6) is 0.355. The van der Waals surface area contributed by atoms with Gasteiger partial charge in [-0.2, -0.15) is 14.5 Å². The highest BCUT2D eigenvalue weighted by molar-refractivity contribution is 7.15. The molecule has 3 aromatic heterocycles. The minimum absolute atomic E-state index is 0.00393. The maximum Gasteiger partial charge on any atom is 0.372 e. The highest BCUT2D eigenvalue weighted by Gasteiger charge is 2.27. The first-order chi connectivity index (χ1) is 10.2. The third kappa shape index (κ3) is 1.97. The molecular weight excluding hydrogens is 292 g/mol. The van der Waals surface area contributed by atoms with Gasteiger partial charge in [0.25, 0.3) is 4.96 Å². The summed E-state index contributed by atoms with van der Waals surface area (Å²) < 4.78 is 1.51. The summed E-state index contributed by atoms with van der Waals surface area (Å²) in [6.07, 6.45) is 6.09. The standard InChI is InChI=1S/C12H12N6O2S/c19-18(20)11-10(15-12-17(11)3-4-21-12)14-8-1-2-9-7(5-8)6-13-16-9/h3-4,6,8,14H,1-2,5H2,(H,13,16). The Morgan fingerprint density at radius 2 is 2.48 bits per heavy atom. The van der Waals surface area contributed by atoms with Crippen LogP contribution in [0.3, 0.4) is 0 Å². The molecule has 3 heterocycles. The SMILES string of the molecule is O=[N+]([O-])c1c(NC2CCc3[nH]ncc3C2)nc2sccn12. The lowest BCUT2D eigenvalue weighted by Gasteiger charge is -2.22. The molecule has 3 aromatic rings. The van der Waals surface area contributed by atoms with Crippen LogP contribution in [0.4, 0.5) is 11.6 Å². The molecular formula is C12H12N6O2S. The predicted molar refractivity (Wildman–Crippen MR) is 77.7 cm³/mol. The van der Waals surface area contributed by atoms with Gasteiger partial charge in [-0.1, -0.05) is 11.3 Å². The van der Waals surface area contributed by atoms with E-state index in [0.29, 0.717) is 10.8 Å². The van der Waals surface area contributed by atoms with Gasteiger partial charge in [0.15, 0.2) is 0 Å². The van der Waals surface area contributed by atoms with Crippen molar-refractivity contribution in [2.75, 3.05) is 5.32 Å². The van der Waals surface area contributed by atoms with Crippen LogP contribution in [0.15, 0.2) is 17.8 Å². The fourth-order valence-electron chi connectivity index (χ4n) is 2.78. The summed E-state index contributed by atoms with van der Waals surface area (Å²) in [7, 11) is 0. The third-order valence-corrected chi connectivity index (χ3v) is 4.52. The van der Waals surface area contributed by atoms with E-state index in [0.717, 1.165) is 25.0 Å². The van der Waals surface area contributed by atoms with Crippen LogP contribution in [0.5, 0.6) is 0 Å². The summed E-state index contributed by atoms with van der Waals surface area (Å²) in [4.78, 5) is 15.9. The number of rotatable bonds is 3. The fraction of sp³-hybridized carbons (Fsp3) is 0.333. The van der Waals surface area contributed by atoms with Crippen LogP contribution >= 0.6 is 11.3 Å². The van der Waals surface area contributed by atoms with Crippen LogP contribution in [0.1, 0.15) is 17.7 Å². The summed E-state index contributed by atoms with van der Waals surface area (Å²) in [5.41, 5.74) is 2.33. The number of nitrogens with one attached hydrogen (secondary N) is 2. The average molecular weight is 304 g/mol. The van der Waals surface area contributed by atoms with Crippen LogP contribution in [0.2, 0.25) is 0 Å². The first kappa shape index (κ1) is 12.3. The number of nitro groups is 1. The van der Waals surface area contributed by atoms with E-state index in [1.807, 2.05) is 6.20 Å². The van der Waals surface area contributed by atoms with Crippen molar-refractivity contribution in [3.8, 4) is 0 Å². The largest absolute Gasteiger partial charge is 0.372 e. The third-order valence-electron chi connectivity index (χ3n) is 3.77. The van der Waals surface area contributed by atoms with Crippen LogP contribution in [-0.4, -0.2) is 30.5 Å². The van der Waals surface area contributed by atoms with Crippen LogP contribution in [-0.2, 0) is 12.8 Å². The van der Waals surface area contributed by atoms with Gasteiger partial charge in [0.1, 0.15) is 6.20 Å². The Morgan fingerprint density at radius 3 is 3.33 bits per heavy atom. The smallest absolute Gasteiger partial charge is 0.360 e. The Morgan fingerprint density at radius 1 is 1.57 bits per heavy atom. The van der Waals surface area contributed by atoms with Gasteiger partial charge in [-0.15, -0.1) is 0 Å². The van der Waals surface area contributed by atoms with Crippen molar-refractivity contribution in [1.29, 1.82) is 0 Å². The zero-order valence-electron chi connectivity index (χ0n) is 10.9. The Kier molecular flexibility index (Phi) is 2.67. The molecule has 0 radical (unpaired) electrons. The lowest BCUT2D eigenvalue weighted by Crippen LogP contribution is -2.27. The van der Waals surface area contributed by atoms with Crippen molar-refractivity contribution in [3.05, 3.63) is 39.1 Å². The van der Waals surface area contributed by atoms with Gasteiger partial charge >= 0.3 is 5.82 Å². The van der Waals surface area contributed by atoms with E-state index in [4.69, 9.17) is 0 Å². The molecule has 21 heavy (non-hydrogen) atoms. The number of hydrogen-bond acceptors (Lipinski definition) is 6. The predicted octanol–water partition coefficient (Wildman–Crippen LogP) is 2.00. The number of aromatic nitrogens is 4. The molecule has 0 saturated heterocycles. The summed E-state index contributed by atoms with van der Waals surface area (Å²) >= 11 is 1.38.